The Hall–Kier alpha value is -0.940. The molecular weight excluding hydrogens is 186 g/mol. The number of nitrogens with zero attached hydrogens (tertiary/aromatic N) is 2. The number of carbonyl (C=O) groups is 1. The summed E-state index contributed by atoms with van der Waals surface area (Å²) in [7, 11) is 1.73. The van der Waals surface area contributed by atoms with Crippen LogP contribution in [0.4, 0.5) is 0 Å². The lowest BCUT2D eigenvalue weighted by Gasteiger charge is -2.17. The molecule has 0 radical (unpaired) electrons. The lowest BCUT2D eigenvalue weighted by atomic mass is 10.3. The van der Waals surface area contributed by atoms with Crippen LogP contribution in [-0.2, 0) is 11.3 Å². The average Bonchev–Trinajstić information content (AvgIpc) is 2.55. The third-order valence-corrected chi connectivity index (χ3v) is 2.28. The molecule has 13 heavy (non-hydrogen) atoms. The van der Waals surface area contributed by atoms with Gasteiger partial charge in [0.25, 0.3) is 0 Å². The van der Waals surface area contributed by atoms with Crippen LogP contribution >= 0.6 is 11.3 Å². The van der Waals surface area contributed by atoms with Gasteiger partial charge in [-0.05, 0) is 6.92 Å². The summed E-state index contributed by atoms with van der Waals surface area (Å²) in [5, 5.41) is 1.92. The minimum absolute atomic E-state index is 0.0620. The number of thiazole rings is 1. The normalized spacial score (nSPS) is 12.5. The molecule has 4 nitrogen and oxygen atoms in total. The number of nitrogens with two attached hydrogens (primary N) is 1. The first-order chi connectivity index (χ1) is 6.11. The first-order valence-electron chi connectivity index (χ1n) is 3.99. The number of aromatic nitrogens is 1. The molecule has 2 N–H and O–H groups in total. The van der Waals surface area contributed by atoms with Gasteiger partial charge in [-0.1, -0.05) is 0 Å². The van der Waals surface area contributed by atoms with Gasteiger partial charge < -0.3 is 10.6 Å². The lowest BCUT2D eigenvalue weighted by molar-refractivity contribution is -0.131. The van der Waals surface area contributed by atoms with Gasteiger partial charge in [-0.25, -0.2) is 4.98 Å². The summed E-state index contributed by atoms with van der Waals surface area (Å²) in [5.41, 5.74) is 8.11. The fourth-order valence-electron chi connectivity index (χ4n) is 0.984. The molecule has 72 valence electrons. The van der Waals surface area contributed by atoms with E-state index >= 15 is 0 Å². The van der Waals surface area contributed by atoms with Crippen molar-refractivity contribution >= 4 is 17.2 Å². The molecule has 0 aliphatic carbocycles. The number of hydrogen-bond donors (Lipinski definition) is 1. The number of rotatable bonds is 3. The molecule has 0 aliphatic heterocycles. The van der Waals surface area contributed by atoms with Gasteiger partial charge >= 0.3 is 0 Å². The van der Waals surface area contributed by atoms with Gasteiger partial charge in [0.1, 0.15) is 0 Å². The Labute approximate surface area is 81.4 Å². The Bertz CT molecular complexity index is 271. The second-order valence-corrected chi connectivity index (χ2v) is 3.68. The largest absolute Gasteiger partial charge is 0.338 e. The van der Waals surface area contributed by atoms with E-state index in [0.29, 0.717) is 6.54 Å². The fraction of sp³-hybridized carbons (Fsp3) is 0.500. The van der Waals surface area contributed by atoms with E-state index in [1.165, 1.54) is 11.3 Å². The predicted octanol–water partition coefficient (Wildman–Crippen LogP) is 0.449. The van der Waals surface area contributed by atoms with E-state index in [4.69, 9.17) is 5.73 Å². The molecule has 0 fully saturated rings. The summed E-state index contributed by atoms with van der Waals surface area (Å²) in [6.45, 7) is 2.21. The Morgan fingerprint density at radius 2 is 2.54 bits per heavy atom. The van der Waals surface area contributed by atoms with Crippen LogP contribution < -0.4 is 5.73 Å². The molecule has 1 heterocycles. The number of amides is 1. The number of carbonyl (C=O) groups excluding carboxylic acids is 1. The first-order valence-corrected chi connectivity index (χ1v) is 4.93. The average molecular weight is 199 g/mol. The molecule has 0 bridgehead atoms. The zero-order valence-electron chi connectivity index (χ0n) is 7.73. The predicted molar refractivity (Wildman–Crippen MR) is 52.2 cm³/mol. The van der Waals surface area contributed by atoms with Crippen LogP contribution in [0.5, 0.6) is 0 Å². The molecule has 1 aromatic rings. The molecule has 0 saturated heterocycles. The molecule has 1 amide bonds. The molecule has 1 atom stereocenters. The van der Waals surface area contributed by atoms with E-state index in [9.17, 15) is 4.79 Å². The highest BCUT2D eigenvalue weighted by atomic mass is 32.1. The van der Waals surface area contributed by atoms with E-state index < -0.39 is 6.04 Å². The van der Waals surface area contributed by atoms with E-state index in [0.717, 1.165) is 5.69 Å². The van der Waals surface area contributed by atoms with Crippen molar-refractivity contribution in [3.63, 3.8) is 0 Å². The van der Waals surface area contributed by atoms with Crippen LogP contribution in [0.1, 0.15) is 12.6 Å². The van der Waals surface area contributed by atoms with E-state index in [1.807, 2.05) is 5.38 Å². The molecule has 5 heteroatoms. The zero-order chi connectivity index (χ0) is 9.84. The third-order valence-electron chi connectivity index (χ3n) is 1.65. The van der Waals surface area contributed by atoms with Crippen LogP contribution in [0.3, 0.4) is 0 Å². The van der Waals surface area contributed by atoms with Gasteiger partial charge in [0.2, 0.25) is 5.91 Å². The van der Waals surface area contributed by atoms with Gasteiger partial charge in [0, 0.05) is 12.4 Å². The van der Waals surface area contributed by atoms with E-state index in [-0.39, 0.29) is 5.91 Å². The monoisotopic (exact) mass is 199 g/mol. The Kier molecular flexibility index (Phi) is 3.39. The summed E-state index contributed by atoms with van der Waals surface area (Å²) in [6, 6.07) is -0.441. The maximum absolute atomic E-state index is 11.3. The second kappa shape index (κ2) is 4.34. The zero-order valence-corrected chi connectivity index (χ0v) is 8.54. The summed E-state index contributed by atoms with van der Waals surface area (Å²) >= 11 is 1.52. The van der Waals surface area contributed by atoms with Gasteiger partial charge in [-0.2, -0.15) is 0 Å². The summed E-state index contributed by atoms with van der Waals surface area (Å²) in [4.78, 5) is 17.0. The van der Waals surface area contributed by atoms with Crippen molar-refractivity contribution in [2.75, 3.05) is 7.05 Å². The Morgan fingerprint density at radius 3 is 3.00 bits per heavy atom. The lowest BCUT2D eigenvalue weighted by Crippen LogP contribution is -2.39. The van der Waals surface area contributed by atoms with Crippen molar-refractivity contribution in [3.8, 4) is 0 Å². The Morgan fingerprint density at radius 1 is 1.85 bits per heavy atom. The van der Waals surface area contributed by atoms with Crippen LogP contribution in [0.25, 0.3) is 0 Å². The summed E-state index contributed by atoms with van der Waals surface area (Å²) < 4.78 is 0. The minimum atomic E-state index is -0.441. The van der Waals surface area contributed by atoms with Crippen LogP contribution in [0.2, 0.25) is 0 Å². The van der Waals surface area contributed by atoms with Crippen molar-refractivity contribution in [3.05, 3.63) is 16.6 Å². The quantitative estimate of drug-likeness (QED) is 0.769. The first kappa shape index (κ1) is 10.1. The van der Waals surface area contributed by atoms with E-state index in [2.05, 4.69) is 4.98 Å². The standard InChI is InChI=1S/C8H13N3OS/c1-6(9)8(12)11(2)3-7-4-13-5-10-7/h4-6H,3,9H2,1-2H3/t6-/m0/s1. The molecule has 0 unspecified atom stereocenters. The maximum Gasteiger partial charge on any atom is 0.239 e. The number of likely N-dealkylation sites (N-methyl/N-ethyl adjacent to an activating group) is 1. The molecule has 0 aliphatic rings. The minimum Gasteiger partial charge on any atom is -0.338 e. The van der Waals surface area contributed by atoms with Gasteiger partial charge in [0.05, 0.1) is 23.8 Å². The topological polar surface area (TPSA) is 59.2 Å². The fourth-order valence-corrected chi connectivity index (χ4v) is 1.53. The SMILES string of the molecule is C[C@H](N)C(=O)N(C)Cc1cscn1. The highest BCUT2D eigenvalue weighted by Gasteiger charge is 2.13. The van der Waals surface area contributed by atoms with Crippen LogP contribution in [0.15, 0.2) is 10.9 Å². The van der Waals surface area contributed by atoms with Crippen molar-refractivity contribution < 1.29 is 4.79 Å². The summed E-state index contributed by atoms with van der Waals surface area (Å²) in [6.07, 6.45) is 0. The third kappa shape index (κ3) is 2.78. The van der Waals surface area contributed by atoms with E-state index in [1.54, 1.807) is 24.4 Å². The van der Waals surface area contributed by atoms with Gasteiger partial charge in [-0.3, -0.25) is 4.79 Å². The van der Waals surface area contributed by atoms with Crippen LogP contribution in [-0.4, -0.2) is 28.9 Å². The highest BCUT2D eigenvalue weighted by molar-refractivity contribution is 7.07. The molecule has 1 aromatic heterocycles. The summed E-state index contributed by atoms with van der Waals surface area (Å²) in [5.74, 6) is -0.0620. The smallest absolute Gasteiger partial charge is 0.239 e. The second-order valence-electron chi connectivity index (χ2n) is 2.96. The van der Waals surface area contributed by atoms with Crippen molar-refractivity contribution in [1.82, 2.24) is 9.88 Å². The molecule has 0 aromatic carbocycles. The van der Waals surface area contributed by atoms with Gasteiger partial charge in [-0.15, -0.1) is 11.3 Å². The van der Waals surface area contributed by atoms with Gasteiger partial charge in [0.15, 0.2) is 0 Å². The van der Waals surface area contributed by atoms with Crippen molar-refractivity contribution in [2.45, 2.75) is 19.5 Å². The van der Waals surface area contributed by atoms with Crippen LogP contribution in [0, 0.1) is 0 Å². The van der Waals surface area contributed by atoms with Crippen molar-refractivity contribution in [2.24, 2.45) is 5.73 Å². The number of hydrogen-bond acceptors (Lipinski definition) is 4. The maximum atomic E-state index is 11.3. The Balaban J connectivity index is 2.51. The molecule has 0 spiro atoms. The molecule has 1 rings (SSSR count). The molecule has 0 saturated carbocycles. The highest BCUT2D eigenvalue weighted by Crippen LogP contribution is 2.04. The molecular formula is C8H13N3OS. The van der Waals surface area contributed by atoms with Crippen molar-refractivity contribution in [1.29, 1.82) is 0 Å².